The molecule has 0 saturated carbocycles. The lowest BCUT2D eigenvalue weighted by Gasteiger charge is -1.97. The molecule has 1 aromatic heterocycles. The average molecular weight is 196 g/mol. The van der Waals surface area contributed by atoms with Crippen LogP contribution in [-0.4, -0.2) is 16.2 Å². The molecule has 6 nitrogen and oxygen atoms in total. The number of nitroso groups, excluding NO2 is 1. The van der Waals surface area contributed by atoms with Crippen LogP contribution in [0.15, 0.2) is 5.18 Å². The van der Waals surface area contributed by atoms with Gasteiger partial charge in [0.25, 0.3) is 0 Å². The number of anilines is 1. The number of amides is 1. The van der Waals surface area contributed by atoms with Gasteiger partial charge in [0.2, 0.25) is 6.41 Å². The van der Waals surface area contributed by atoms with Gasteiger partial charge in [-0.2, -0.15) is 5.10 Å². The molecule has 1 rings (SSSR count). The molecule has 0 aliphatic heterocycles. The molecular formula is C8H12N4O2. The average Bonchev–Trinajstić information content (AvgIpc) is 2.44. The Hall–Kier alpha value is -1.72. The van der Waals surface area contributed by atoms with E-state index < -0.39 is 0 Å². The van der Waals surface area contributed by atoms with E-state index in [2.05, 4.69) is 15.6 Å². The molecule has 0 radical (unpaired) electrons. The van der Waals surface area contributed by atoms with Gasteiger partial charge in [-0.25, -0.2) is 0 Å². The molecule has 1 amide bonds. The van der Waals surface area contributed by atoms with Crippen molar-refractivity contribution in [1.82, 2.24) is 9.78 Å². The van der Waals surface area contributed by atoms with E-state index in [1.54, 1.807) is 7.05 Å². The summed E-state index contributed by atoms with van der Waals surface area (Å²) >= 11 is 0. The van der Waals surface area contributed by atoms with E-state index in [4.69, 9.17) is 0 Å². The zero-order chi connectivity index (χ0) is 10.6. The van der Waals surface area contributed by atoms with Crippen LogP contribution in [-0.2, 0) is 18.3 Å². The Bertz CT molecular complexity index is 345. The quantitative estimate of drug-likeness (QED) is 0.570. The van der Waals surface area contributed by atoms with Crippen molar-refractivity contribution in [2.45, 2.75) is 19.8 Å². The highest BCUT2D eigenvalue weighted by atomic mass is 16.3. The number of aryl methyl sites for hydroxylation is 2. The number of rotatable bonds is 5. The number of nitrogens with one attached hydrogen (secondary N) is 1. The Morgan fingerprint density at radius 1 is 1.64 bits per heavy atom. The summed E-state index contributed by atoms with van der Waals surface area (Å²) in [6, 6.07) is 0. The summed E-state index contributed by atoms with van der Waals surface area (Å²) < 4.78 is 1.44. The monoisotopic (exact) mass is 196 g/mol. The van der Waals surface area contributed by atoms with Gasteiger partial charge in [0.15, 0.2) is 11.5 Å². The number of carbonyl (C=O) groups excluding carboxylic acids is 1. The van der Waals surface area contributed by atoms with Crippen molar-refractivity contribution in [3.05, 3.63) is 10.6 Å². The molecule has 0 spiro atoms. The highest BCUT2D eigenvalue weighted by Gasteiger charge is 2.15. The second-order valence-electron chi connectivity index (χ2n) is 2.87. The molecule has 6 heteroatoms. The second kappa shape index (κ2) is 4.50. The van der Waals surface area contributed by atoms with Gasteiger partial charge in [-0.05, 0) is 11.6 Å². The Morgan fingerprint density at radius 3 is 2.86 bits per heavy atom. The lowest BCUT2D eigenvalue weighted by molar-refractivity contribution is -0.105. The van der Waals surface area contributed by atoms with Crippen LogP contribution < -0.4 is 5.32 Å². The van der Waals surface area contributed by atoms with Crippen molar-refractivity contribution in [2.75, 3.05) is 5.32 Å². The van der Waals surface area contributed by atoms with Crippen molar-refractivity contribution in [3.8, 4) is 0 Å². The largest absolute Gasteiger partial charge is 0.312 e. The standard InChI is InChI=1S/C8H12N4O2/c1-3-4-6-7(11-14)8(9-5-13)12(2)10-6/h5H,3-4H2,1-2H3,(H,9,13). The van der Waals surface area contributed by atoms with Crippen LogP contribution in [0.2, 0.25) is 0 Å². The zero-order valence-electron chi connectivity index (χ0n) is 8.15. The van der Waals surface area contributed by atoms with Crippen LogP contribution in [0.25, 0.3) is 0 Å². The van der Waals surface area contributed by atoms with E-state index in [0.717, 1.165) is 6.42 Å². The van der Waals surface area contributed by atoms with Crippen LogP contribution in [0.4, 0.5) is 11.5 Å². The first-order valence-corrected chi connectivity index (χ1v) is 4.34. The third-order valence-electron chi connectivity index (χ3n) is 1.87. The van der Waals surface area contributed by atoms with E-state index >= 15 is 0 Å². The summed E-state index contributed by atoms with van der Waals surface area (Å²) in [5.41, 5.74) is 0.843. The molecule has 0 bridgehead atoms. The predicted octanol–water partition coefficient (Wildman–Crippen LogP) is 1.34. The lowest BCUT2D eigenvalue weighted by Crippen LogP contribution is -2.01. The molecule has 0 unspecified atom stereocenters. The van der Waals surface area contributed by atoms with E-state index in [9.17, 15) is 9.70 Å². The van der Waals surface area contributed by atoms with Crippen molar-refractivity contribution < 1.29 is 4.79 Å². The maximum atomic E-state index is 10.6. The van der Waals surface area contributed by atoms with E-state index in [0.29, 0.717) is 24.3 Å². The normalized spacial score (nSPS) is 9.86. The van der Waals surface area contributed by atoms with Crippen LogP contribution in [0.5, 0.6) is 0 Å². The van der Waals surface area contributed by atoms with E-state index in [1.807, 2.05) is 6.92 Å². The van der Waals surface area contributed by atoms with Gasteiger partial charge in [0, 0.05) is 7.05 Å². The van der Waals surface area contributed by atoms with Gasteiger partial charge >= 0.3 is 0 Å². The number of carbonyl (C=O) groups is 1. The van der Waals surface area contributed by atoms with Gasteiger partial charge in [-0.1, -0.05) is 13.3 Å². The molecule has 0 aliphatic carbocycles. The maximum Gasteiger partial charge on any atom is 0.212 e. The van der Waals surface area contributed by atoms with Crippen molar-refractivity contribution in [1.29, 1.82) is 0 Å². The van der Waals surface area contributed by atoms with Gasteiger partial charge in [0.1, 0.15) is 0 Å². The first kappa shape index (κ1) is 10.4. The minimum Gasteiger partial charge on any atom is -0.312 e. The first-order valence-electron chi connectivity index (χ1n) is 4.34. The van der Waals surface area contributed by atoms with Gasteiger partial charge < -0.3 is 5.32 Å². The van der Waals surface area contributed by atoms with E-state index in [-0.39, 0.29) is 5.69 Å². The fourth-order valence-corrected chi connectivity index (χ4v) is 1.29. The topological polar surface area (TPSA) is 76.3 Å². The Kier molecular flexibility index (Phi) is 3.33. The summed E-state index contributed by atoms with van der Waals surface area (Å²) in [7, 11) is 1.65. The van der Waals surface area contributed by atoms with Gasteiger partial charge in [-0.3, -0.25) is 9.48 Å². The highest BCUT2D eigenvalue weighted by molar-refractivity contribution is 5.77. The number of hydrogen-bond acceptors (Lipinski definition) is 4. The van der Waals surface area contributed by atoms with Crippen LogP contribution in [0, 0.1) is 4.91 Å². The number of hydrogen-bond donors (Lipinski definition) is 1. The van der Waals surface area contributed by atoms with Crippen LogP contribution >= 0.6 is 0 Å². The summed E-state index contributed by atoms with van der Waals surface area (Å²) in [5.74, 6) is 0.346. The minimum absolute atomic E-state index is 0.224. The summed E-state index contributed by atoms with van der Waals surface area (Å²) in [4.78, 5) is 20.8. The Morgan fingerprint density at radius 2 is 2.36 bits per heavy atom. The van der Waals surface area contributed by atoms with Gasteiger partial charge in [-0.15, -0.1) is 4.91 Å². The third-order valence-corrected chi connectivity index (χ3v) is 1.87. The van der Waals surface area contributed by atoms with Crippen molar-refractivity contribution >= 4 is 17.9 Å². The summed E-state index contributed by atoms with van der Waals surface area (Å²) in [6.45, 7) is 1.98. The molecular weight excluding hydrogens is 184 g/mol. The van der Waals surface area contributed by atoms with E-state index in [1.165, 1.54) is 4.68 Å². The first-order chi connectivity index (χ1) is 6.74. The maximum absolute atomic E-state index is 10.6. The zero-order valence-corrected chi connectivity index (χ0v) is 8.15. The summed E-state index contributed by atoms with van der Waals surface area (Å²) in [6.07, 6.45) is 2.05. The van der Waals surface area contributed by atoms with Crippen LogP contribution in [0.3, 0.4) is 0 Å². The van der Waals surface area contributed by atoms with Crippen molar-refractivity contribution in [2.24, 2.45) is 12.2 Å². The number of aromatic nitrogens is 2. The minimum atomic E-state index is 0.224. The fourth-order valence-electron chi connectivity index (χ4n) is 1.29. The molecule has 0 aliphatic rings. The molecule has 0 atom stereocenters. The molecule has 1 N–H and O–H groups in total. The molecule has 1 heterocycles. The van der Waals surface area contributed by atoms with Crippen molar-refractivity contribution in [3.63, 3.8) is 0 Å². The van der Waals surface area contributed by atoms with Crippen LogP contribution in [0.1, 0.15) is 19.0 Å². The summed E-state index contributed by atoms with van der Waals surface area (Å²) in [5, 5.41) is 9.37. The molecule has 0 fully saturated rings. The smallest absolute Gasteiger partial charge is 0.212 e. The molecule has 0 saturated heterocycles. The molecule has 76 valence electrons. The number of nitrogens with zero attached hydrogens (tertiary/aromatic N) is 3. The third kappa shape index (κ3) is 1.78. The molecule has 1 aromatic rings. The Labute approximate surface area is 81.3 Å². The SMILES string of the molecule is CCCc1nn(C)c(NC=O)c1N=O. The Balaban J connectivity index is 3.13. The molecule has 14 heavy (non-hydrogen) atoms. The lowest BCUT2D eigenvalue weighted by atomic mass is 10.2. The fraction of sp³-hybridized carbons (Fsp3) is 0.500. The molecule has 0 aromatic carbocycles. The van der Waals surface area contributed by atoms with Gasteiger partial charge in [0.05, 0.1) is 5.69 Å². The highest BCUT2D eigenvalue weighted by Crippen LogP contribution is 2.28. The second-order valence-corrected chi connectivity index (χ2v) is 2.87. The predicted molar refractivity (Wildman–Crippen MR) is 52.3 cm³/mol.